The molecule has 1 amide bonds. The van der Waals surface area contributed by atoms with Crippen LogP contribution in [0.4, 0.5) is 0 Å². The Hall–Kier alpha value is -1.40. The van der Waals surface area contributed by atoms with E-state index in [0.29, 0.717) is 12.5 Å². The van der Waals surface area contributed by atoms with Crippen molar-refractivity contribution >= 4 is 5.91 Å². The third-order valence-electron chi connectivity index (χ3n) is 5.13. The van der Waals surface area contributed by atoms with Gasteiger partial charge in [0.15, 0.2) is 0 Å². The van der Waals surface area contributed by atoms with Gasteiger partial charge in [0.25, 0.3) is 0 Å². The number of carbonyl (C=O) groups excluding carboxylic acids is 1. The molecule has 1 aliphatic carbocycles. The number of nitrogens with zero attached hydrogens (tertiary/aromatic N) is 1. The molecule has 0 aromatic carbocycles. The van der Waals surface area contributed by atoms with E-state index in [0.717, 1.165) is 29.9 Å². The maximum Gasteiger partial charge on any atom is 0.234 e. The van der Waals surface area contributed by atoms with E-state index >= 15 is 0 Å². The van der Waals surface area contributed by atoms with Gasteiger partial charge in [0, 0.05) is 17.6 Å². The van der Waals surface area contributed by atoms with Crippen LogP contribution in [0.2, 0.25) is 0 Å². The molecule has 1 heterocycles. The van der Waals surface area contributed by atoms with Crippen molar-refractivity contribution in [2.45, 2.75) is 65.0 Å². The van der Waals surface area contributed by atoms with Crippen molar-refractivity contribution in [2.75, 3.05) is 13.2 Å². The normalized spacial score (nSPS) is 18.6. The highest BCUT2D eigenvalue weighted by atomic mass is 16.5. The first-order valence-electron chi connectivity index (χ1n) is 8.50. The average Bonchev–Trinajstić information content (AvgIpc) is 2.90. The Kier molecular flexibility index (Phi) is 6.18. The summed E-state index contributed by atoms with van der Waals surface area (Å²) in [7, 11) is 0. The molecular formula is C17H29N3O3. The minimum absolute atomic E-state index is 0.0504. The SMILES string of the molecule is Cc1noc(C)c1CNC(=O)CN[C@@](C)(CO)C1CCCCC1. The predicted octanol–water partition coefficient (Wildman–Crippen LogP) is 1.83. The van der Waals surface area contributed by atoms with Gasteiger partial charge < -0.3 is 20.3 Å². The number of carbonyl (C=O) groups is 1. The van der Waals surface area contributed by atoms with Crippen LogP contribution >= 0.6 is 0 Å². The van der Waals surface area contributed by atoms with Crippen molar-refractivity contribution in [1.82, 2.24) is 15.8 Å². The van der Waals surface area contributed by atoms with E-state index in [-0.39, 0.29) is 24.6 Å². The number of rotatable bonds is 7. The van der Waals surface area contributed by atoms with Crippen molar-refractivity contribution in [3.8, 4) is 0 Å². The molecule has 0 aliphatic heterocycles. The lowest BCUT2D eigenvalue weighted by Gasteiger charge is -2.39. The Balaban J connectivity index is 1.82. The van der Waals surface area contributed by atoms with E-state index < -0.39 is 0 Å². The van der Waals surface area contributed by atoms with Crippen molar-refractivity contribution in [3.63, 3.8) is 0 Å². The highest BCUT2D eigenvalue weighted by Gasteiger charge is 2.34. The summed E-state index contributed by atoms with van der Waals surface area (Å²) < 4.78 is 5.09. The number of aryl methyl sites for hydroxylation is 2. The van der Waals surface area contributed by atoms with Crippen molar-refractivity contribution < 1.29 is 14.4 Å². The summed E-state index contributed by atoms with van der Waals surface area (Å²) in [5.74, 6) is 1.08. The van der Waals surface area contributed by atoms with Crippen molar-refractivity contribution in [2.24, 2.45) is 5.92 Å². The fourth-order valence-electron chi connectivity index (χ4n) is 3.36. The van der Waals surface area contributed by atoms with E-state index in [1.807, 2.05) is 20.8 Å². The van der Waals surface area contributed by atoms with E-state index in [9.17, 15) is 9.90 Å². The highest BCUT2D eigenvalue weighted by molar-refractivity contribution is 5.78. The second kappa shape index (κ2) is 7.93. The van der Waals surface area contributed by atoms with Crippen LogP contribution in [-0.4, -0.2) is 34.9 Å². The maximum atomic E-state index is 12.1. The topological polar surface area (TPSA) is 87.4 Å². The number of aliphatic hydroxyl groups excluding tert-OH is 1. The number of amides is 1. The Bertz CT molecular complexity index is 504. The second-order valence-corrected chi connectivity index (χ2v) is 6.84. The van der Waals surface area contributed by atoms with Crippen LogP contribution in [0.5, 0.6) is 0 Å². The molecule has 130 valence electrons. The van der Waals surface area contributed by atoms with Gasteiger partial charge >= 0.3 is 0 Å². The van der Waals surface area contributed by atoms with Crippen LogP contribution in [0.3, 0.4) is 0 Å². The Labute approximate surface area is 138 Å². The number of aliphatic hydroxyl groups is 1. The van der Waals surface area contributed by atoms with Crippen LogP contribution in [0.15, 0.2) is 4.52 Å². The molecule has 1 atom stereocenters. The molecule has 0 saturated heterocycles. The number of nitrogens with one attached hydrogen (secondary N) is 2. The molecule has 1 aromatic rings. The average molecular weight is 323 g/mol. The van der Waals surface area contributed by atoms with Crippen LogP contribution in [-0.2, 0) is 11.3 Å². The molecule has 3 N–H and O–H groups in total. The number of aromatic nitrogens is 1. The Morgan fingerprint density at radius 2 is 2.04 bits per heavy atom. The molecule has 0 bridgehead atoms. The zero-order chi connectivity index (χ0) is 16.9. The molecule has 23 heavy (non-hydrogen) atoms. The molecule has 1 aliphatic rings. The maximum absolute atomic E-state index is 12.1. The third-order valence-corrected chi connectivity index (χ3v) is 5.13. The van der Waals surface area contributed by atoms with E-state index in [1.165, 1.54) is 19.3 Å². The van der Waals surface area contributed by atoms with Gasteiger partial charge in [0.1, 0.15) is 5.76 Å². The highest BCUT2D eigenvalue weighted by Crippen LogP contribution is 2.32. The molecule has 1 saturated carbocycles. The predicted molar refractivity (Wildman–Crippen MR) is 87.9 cm³/mol. The summed E-state index contributed by atoms with van der Waals surface area (Å²) in [5.41, 5.74) is 1.34. The summed E-state index contributed by atoms with van der Waals surface area (Å²) in [4.78, 5) is 12.1. The summed E-state index contributed by atoms with van der Waals surface area (Å²) in [5, 5.41) is 19.8. The van der Waals surface area contributed by atoms with E-state index in [1.54, 1.807) is 0 Å². The van der Waals surface area contributed by atoms with Gasteiger partial charge in [-0.1, -0.05) is 24.4 Å². The van der Waals surface area contributed by atoms with Gasteiger partial charge in [-0.15, -0.1) is 0 Å². The van der Waals surface area contributed by atoms with Gasteiger partial charge in [0.2, 0.25) is 5.91 Å². The fourth-order valence-corrected chi connectivity index (χ4v) is 3.36. The minimum atomic E-state index is -0.388. The lowest BCUT2D eigenvalue weighted by atomic mass is 9.76. The zero-order valence-electron chi connectivity index (χ0n) is 14.4. The van der Waals surface area contributed by atoms with Crippen LogP contribution in [0.25, 0.3) is 0 Å². The minimum Gasteiger partial charge on any atom is -0.394 e. The Morgan fingerprint density at radius 1 is 1.35 bits per heavy atom. The molecule has 6 nitrogen and oxygen atoms in total. The molecule has 2 rings (SSSR count). The summed E-state index contributed by atoms with van der Waals surface area (Å²) >= 11 is 0. The van der Waals surface area contributed by atoms with E-state index in [2.05, 4.69) is 15.8 Å². The molecule has 0 unspecified atom stereocenters. The first-order chi connectivity index (χ1) is 11.0. The smallest absolute Gasteiger partial charge is 0.234 e. The number of hydrogen-bond donors (Lipinski definition) is 3. The largest absolute Gasteiger partial charge is 0.394 e. The van der Waals surface area contributed by atoms with E-state index in [4.69, 9.17) is 4.52 Å². The van der Waals surface area contributed by atoms with Crippen LogP contribution < -0.4 is 10.6 Å². The molecule has 0 spiro atoms. The number of hydrogen-bond acceptors (Lipinski definition) is 5. The first kappa shape index (κ1) is 17.9. The fraction of sp³-hybridized carbons (Fsp3) is 0.765. The van der Waals surface area contributed by atoms with Crippen LogP contribution in [0.1, 0.15) is 56.0 Å². The standard InChI is InChI=1S/C17H29N3O3/c1-12-15(13(2)23-20-12)9-18-16(22)10-19-17(3,11-21)14-7-5-4-6-8-14/h14,19,21H,4-11H2,1-3H3,(H,18,22)/t17-/m0/s1. The van der Waals surface area contributed by atoms with Crippen molar-refractivity contribution in [1.29, 1.82) is 0 Å². The lowest BCUT2D eigenvalue weighted by Crippen LogP contribution is -2.55. The van der Waals surface area contributed by atoms with Gasteiger partial charge in [-0.05, 0) is 39.5 Å². The molecule has 1 aromatic heterocycles. The van der Waals surface area contributed by atoms with Gasteiger partial charge in [-0.2, -0.15) is 0 Å². The van der Waals surface area contributed by atoms with Crippen molar-refractivity contribution in [3.05, 3.63) is 17.0 Å². The second-order valence-electron chi connectivity index (χ2n) is 6.84. The first-order valence-corrected chi connectivity index (χ1v) is 8.50. The molecule has 6 heteroatoms. The van der Waals surface area contributed by atoms with Gasteiger partial charge in [0.05, 0.1) is 18.8 Å². The van der Waals surface area contributed by atoms with Gasteiger partial charge in [-0.3, -0.25) is 4.79 Å². The summed E-state index contributed by atoms with van der Waals surface area (Å²) in [6, 6.07) is 0. The van der Waals surface area contributed by atoms with Crippen LogP contribution in [0, 0.1) is 19.8 Å². The summed E-state index contributed by atoms with van der Waals surface area (Å²) in [6.45, 7) is 6.39. The van der Waals surface area contributed by atoms with Gasteiger partial charge in [-0.25, -0.2) is 0 Å². The molecular weight excluding hydrogens is 294 g/mol. The zero-order valence-corrected chi connectivity index (χ0v) is 14.4. The third kappa shape index (κ3) is 4.54. The Morgan fingerprint density at radius 3 is 2.61 bits per heavy atom. The monoisotopic (exact) mass is 323 g/mol. The molecule has 0 radical (unpaired) electrons. The summed E-state index contributed by atoms with van der Waals surface area (Å²) in [6.07, 6.45) is 5.92. The quantitative estimate of drug-likeness (QED) is 0.712. The lowest BCUT2D eigenvalue weighted by molar-refractivity contribution is -0.121. The molecule has 1 fully saturated rings.